The quantitative estimate of drug-likeness (QED) is 0.628. The average Bonchev–Trinajstić information content (AvgIpc) is 1.99. The van der Waals surface area contributed by atoms with Crippen LogP contribution < -0.4 is 4.74 Å². The van der Waals surface area contributed by atoms with Crippen LogP contribution in [-0.2, 0) is 0 Å². The SMILES string of the molecule is CC(=O)c1c(F)cc(OC(F)F)cc1I. The van der Waals surface area contributed by atoms with E-state index in [1.165, 1.54) is 13.0 Å². The molecule has 15 heavy (non-hydrogen) atoms. The van der Waals surface area contributed by atoms with E-state index in [0.717, 1.165) is 6.07 Å². The van der Waals surface area contributed by atoms with E-state index in [4.69, 9.17) is 0 Å². The molecule has 1 aromatic rings. The van der Waals surface area contributed by atoms with Crippen LogP contribution in [0.25, 0.3) is 0 Å². The maximum Gasteiger partial charge on any atom is 0.387 e. The summed E-state index contributed by atoms with van der Waals surface area (Å²) in [6.45, 7) is -1.81. The van der Waals surface area contributed by atoms with Gasteiger partial charge in [-0.2, -0.15) is 8.78 Å². The Hall–Kier alpha value is -0.790. The standard InChI is InChI=1S/C9H6F3IO2/c1-4(14)8-6(10)2-5(3-7(8)13)15-9(11)12/h2-3,9H,1H3. The highest BCUT2D eigenvalue weighted by atomic mass is 127. The van der Waals surface area contributed by atoms with Gasteiger partial charge in [0.15, 0.2) is 5.78 Å². The fourth-order valence-corrected chi connectivity index (χ4v) is 2.00. The molecular formula is C9H6F3IO2. The molecule has 0 fully saturated rings. The predicted molar refractivity (Wildman–Crippen MR) is 55.8 cm³/mol. The highest BCUT2D eigenvalue weighted by Gasteiger charge is 2.15. The van der Waals surface area contributed by atoms with Crippen LogP contribution in [0.5, 0.6) is 5.75 Å². The Balaban J connectivity index is 3.14. The molecule has 82 valence electrons. The van der Waals surface area contributed by atoms with Gasteiger partial charge in [-0.15, -0.1) is 0 Å². The highest BCUT2D eigenvalue weighted by molar-refractivity contribution is 14.1. The van der Waals surface area contributed by atoms with Crippen LogP contribution in [-0.4, -0.2) is 12.4 Å². The van der Waals surface area contributed by atoms with Gasteiger partial charge in [0.1, 0.15) is 11.6 Å². The Morgan fingerprint density at radius 3 is 2.47 bits per heavy atom. The van der Waals surface area contributed by atoms with Crippen molar-refractivity contribution in [2.24, 2.45) is 0 Å². The minimum Gasteiger partial charge on any atom is -0.435 e. The van der Waals surface area contributed by atoms with Crippen molar-refractivity contribution in [1.82, 2.24) is 0 Å². The van der Waals surface area contributed by atoms with Gasteiger partial charge >= 0.3 is 6.61 Å². The maximum absolute atomic E-state index is 13.3. The van der Waals surface area contributed by atoms with E-state index in [1.807, 2.05) is 0 Å². The normalized spacial score (nSPS) is 10.5. The molecule has 1 rings (SSSR count). The first kappa shape index (κ1) is 12.3. The van der Waals surface area contributed by atoms with E-state index in [-0.39, 0.29) is 14.9 Å². The second-order valence-corrected chi connectivity index (χ2v) is 3.86. The van der Waals surface area contributed by atoms with Crippen LogP contribution in [0.15, 0.2) is 12.1 Å². The summed E-state index contributed by atoms with van der Waals surface area (Å²) >= 11 is 1.69. The summed E-state index contributed by atoms with van der Waals surface area (Å²) in [6, 6.07) is 1.96. The van der Waals surface area contributed by atoms with Crippen molar-refractivity contribution in [1.29, 1.82) is 0 Å². The van der Waals surface area contributed by atoms with Crippen molar-refractivity contribution in [3.8, 4) is 5.75 Å². The molecule has 0 atom stereocenters. The van der Waals surface area contributed by atoms with Crippen LogP contribution in [0.3, 0.4) is 0 Å². The molecule has 0 unspecified atom stereocenters. The number of hydrogen-bond acceptors (Lipinski definition) is 2. The zero-order chi connectivity index (χ0) is 11.6. The molecule has 0 aliphatic heterocycles. The number of halogens is 4. The van der Waals surface area contributed by atoms with Crippen molar-refractivity contribution < 1.29 is 22.7 Å². The Morgan fingerprint density at radius 1 is 1.47 bits per heavy atom. The van der Waals surface area contributed by atoms with Crippen LogP contribution in [0, 0.1) is 9.39 Å². The third-order valence-electron chi connectivity index (χ3n) is 1.59. The molecule has 0 heterocycles. The van der Waals surface area contributed by atoms with Gasteiger partial charge in [0, 0.05) is 9.64 Å². The molecule has 0 saturated heterocycles. The van der Waals surface area contributed by atoms with Gasteiger partial charge < -0.3 is 4.74 Å². The summed E-state index contributed by atoms with van der Waals surface area (Å²) in [7, 11) is 0. The zero-order valence-electron chi connectivity index (χ0n) is 7.56. The van der Waals surface area contributed by atoms with E-state index in [0.29, 0.717) is 0 Å². The van der Waals surface area contributed by atoms with Crippen LogP contribution >= 0.6 is 22.6 Å². The molecule has 0 radical (unpaired) electrons. The van der Waals surface area contributed by atoms with Crippen molar-refractivity contribution in [3.63, 3.8) is 0 Å². The molecule has 0 amide bonds. The third-order valence-corrected chi connectivity index (χ3v) is 2.44. The summed E-state index contributed by atoms with van der Waals surface area (Å²) in [5.41, 5.74) is -0.114. The molecule has 0 N–H and O–H groups in total. The van der Waals surface area contributed by atoms with Crippen LogP contribution in [0.4, 0.5) is 13.2 Å². The lowest BCUT2D eigenvalue weighted by molar-refractivity contribution is -0.0500. The molecule has 0 saturated carbocycles. The van der Waals surface area contributed by atoms with E-state index in [1.54, 1.807) is 22.6 Å². The smallest absolute Gasteiger partial charge is 0.387 e. The molecule has 0 aliphatic rings. The second-order valence-electron chi connectivity index (χ2n) is 2.70. The van der Waals surface area contributed by atoms with Crippen molar-refractivity contribution in [3.05, 3.63) is 27.1 Å². The average molecular weight is 330 g/mol. The van der Waals surface area contributed by atoms with Crippen molar-refractivity contribution in [2.45, 2.75) is 13.5 Å². The molecular weight excluding hydrogens is 324 g/mol. The van der Waals surface area contributed by atoms with Crippen molar-refractivity contribution >= 4 is 28.4 Å². The molecule has 2 nitrogen and oxygen atoms in total. The van der Waals surface area contributed by atoms with E-state index in [9.17, 15) is 18.0 Å². The van der Waals surface area contributed by atoms with Gasteiger partial charge in [0.25, 0.3) is 0 Å². The Morgan fingerprint density at radius 2 is 2.07 bits per heavy atom. The summed E-state index contributed by atoms with van der Waals surface area (Å²) in [5, 5.41) is 0. The monoisotopic (exact) mass is 330 g/mol. The Kier molecular flexibility index (Phi) is 3.95. The summed E-state index contributed by atoms with van der Waals surface area (Å²) in [4.78, 5) is 11.0. The Bertz CT molecular complexity index is 370. The number of benzene rings is 1. The number of ether oxygens (including phenoxy) is 1. The number of carbonyl (C=O) groups is 1. The van der Waals surface area contributed by atoms with E-state index in [2.05, 4.69) is 4.74 Å². The van der Waals surface area contributed by atoms with Gasteiger partial charge in [-0.3, -0.25) is 4.79 Å². The lowest BCUT2D eigenvalue weighted by atomic mass is 10.1. The number of ketones is 1. The minimum atomic E-state index is -3.01. The Labute approximate surface area is 97.6 Å². The first-order valence-corrected chi connectivity index (χ1v) is 4.94. The molecule has 0 spiro atoms. The van der Waals surface area contributed by atoms with Gasteiger partial charge in [0.05, 0.1) is 5.56 Å². The third kappa shape index (κ3) is 3.08. The van der Waals surface area contributed by atoms with Gasteiger partial charge in [-0.1, -0.05) is 0 Å². The fraction of sp³-hybridized carbons (Fsp3) is 0.222. The molecule has 0 bridgehead atoms. The minimum absolute atomic E-state index is 0.114. The summed E-state index contributed by atoms with van der Waals surface area (Å²) in [5.74, 6) is -1.61. The fourth-order valence-electron chi connectivity index (χ4n) is 1.06. The van der Waals surface area contributed by atoms with Crippen molar-refractivity contribution in [2.75, 3.05) is 0 Å². The first-order chi connectivity index (χ1) is 6.91. The molecule has 1 aromatic carbocycles. The summed E-state index contributed by atoms with van der Waals surface area (Å²) < 4.78 is 41.2. The van der Waals surface area contributed by atoms with Gasteiger partial charge in [-0.05, 0) is 35.6 Å². The number of hydrogen-bond donors (Lipinski definition) is 0. The molecule has 6 heteroatoms. The first-order valence-electron chi connectivity index (χ1n) is 3.86. The molecule has 0 aromatic heterocycles. The number of rotatable bonds is 3. The summed E-state index contributed by atoms with van der Waals surface area (Å²) in [6.07, 6.45) is 0. The van der Waals surface area contributed by atoms with E-state index >= 15 is 0 Å². The topological polar surface area (TPSA) is 26.3 Å². The maximum atomic E-state index is 13.3. The second kappa shape index (κ2) is 4.82. The molecule has 0 aliphatic carbocycles. The van der Waals surface area contributed by atoms with Gasteiger partial charge in [-0.25, -0.2) is 4.39 Å². The highest BCUT2D eigenvalue weighted by Crippen LogP contribution is 2.24. The lowest BCUT2D eigenvalue weighted by Crippen LogP contribution is -2.06. The number of carbonyl (C=O) groups excluding carboxylic acids is 1. The zero-order valence-corrected chi connectivity index (χ0v) is 9.72. The largest absolute Gasteiger partial charge is 0.435 e. The van der Waals surface area contributed by atoms with Crippen LogP contribution in [0.2, 0.25) is 0 Å². The van der Waals surface area contributed by atoms with E-state index < -0.39 is 18.2 Å². The predicted octanol–water partition coefficient (Wildman–Crippen LogP) is 3.23. The lowest BCUT2D eigenvalue weighted by Gasteiger charge is -2.07. The van der Waals surface area contributed by atoms with Crippen LogP contribution in [0.1, 0.15) is 17.3 Å². The number of alkyl halides is 2. The van der Waals surface area contributed by atoms with Gasteiger partial charge in [0.2, 0.25) is 0 Å². The number of Topliss-reactive ketones (excluding diaryl/α,β-unsaturated/α-hetero) is 1.